The number of halogens is 2. The van der Waals surface area contributed by atoms with Gasteiger partial charge in [-0.05, 0) is 38.1 Å². The summed E-state index contributed by atoms with van der Waals surface area (Å²) in [7, 11) is 0. The summed E-state index contributed by atoms with van der Waals surface area (Å²) < 4.78 is 6.46. The number of carbonyl (C=O) groups excluding carboxylic acids is 1. The third kappa shape index (κ3) is 2.91. The maximum atomic E-state index is 11.9. The minimum atomic E-state index is -0.436. The van der Waals surface area contributed by atoms with Crippen LogP contribution in [0.3, 0.4) is 0 Å². The quantitative estimate of drug-likeness (QED) is 0.812. The molecule has 0 N–H and O–H groups in total. The van der Waals surface area contributed by atoms with Crippen LogP contribution in [0, 0.1) is 6.92 Å². The lowest BCUT2D eigenvalue weighted by molar-refractivity contribution is 0.0516. The van der Waals surface area contributed by atoms with Crippen molar-refractivity contribution < 1.29 is 9.53 Å². The van der Waals surface area contributed by atoms with Crippen molar-refractivity contribution in [2.45, 2.75) is 13.8 Å². The van der Waals surface area contributed by atoms with Gasteiger partial charge in [-0.3, -0.25) is 0 Å². The Bertz CT molecular complexity index is 623. The third-order valence-corrected chi connectivity index (χ3v) is 2.99. The van der Waals surface area contributed by atoms with Gasteiger partial charge in [0.25, 0.3) is 0 Å². The highest BCUT2D eigenvalue weighted by Crippen LogP contribution is 2.25. The first-order valence-electron chi connectivity index (χ1n) is 5.72. The molecule has 0 saturated heterocycles. The smallest absolute Gasteiger partial charge is 0.357 e. The van der Waals surface area contributed by atoms with E-state index in [4.69, 9.17) is 27.9 Å². The second-order valence-electron chi connectivity index (χ2n) is 3.90. The fourth-order valence-electron chi connectivity index (χ4n) is 1.69. The summed E-state index contributed by atoms with van der Waals surface area (Å²) in [6.45, 7) is 3.85. The number of rotatable bonds is 3. The van der Waals surface area contributed by atoms with Gasteiger partial charge in [-0.15, -0.1) is 0 Å². The van der Waals surface area contributed by atoms with Gasteiger partial charge >= 0.3 is 5.97 Å². The summed E-state index contributed by atoms with van der Waals surface area (Å²) in [4.78, 5) is 11.9. The third-order valence-electron chi connectivity index (χ3n) is 2.45. The first-order valence-corrected chi connectivity index (χ1v) is 6.47. The maximum absolute atomic E-state index is 11.9. The van der Waals surface area contributed by atoms with E-state index in [1.165, 1.54) is 4.68 Å². The summed E-state index contributed by atoms with van der Waals surface area (Å²) >= 11 is 12.0. The number of benzene rings is 1. The highest BCUT2D eigenvalue weighted by Gasteiger charge is 2.18. The Hall–Kier alpha value is -1.52. The Morgan fingerprint density at radius 3 is 2.74 bits per heavy atom. The molecule has 19 heavy (non-hydrogen) atoms. The molecule has 0 radical (unpaired) electrons. The monoisotopic (exact) mass is 298 g/mol. The molecular weight excluding hydrogens is 287 g/mol. The lowest BCUT2D eigenvalue weighted by Crippen LogP contribution is -2.12. The van der Waals surface area contributed by atoms with E-state index in [1.807, 2.05) is 0 Å². The Morgan fingerprint density at radius 1 is 1.37 bits per heavy atom. The molecule has 1 heterocycles. The number of nitrogens with zero attached hydrogens (tertiary/aromatic N) is 2. The predicted octanol–water partition coefficient (Wildman–Crippen LogP) is 3.66. The Morgan fingerprint density at radius 2 is 2.11 bits per heavy atom. The van der Waals surface area contributed by atoms with Crippen LogP contribution in [0.15, 0.2) is 24.3 Å². The second kappa shape index (κ2) is 5.63. The Labute approximate surface area is 120 Å². The Balaban J connectivity index is 2.52. The fourth-order valence-corrected chi connectivity index (χ4v) is 2.18. The normalized spacial score (nSPS) is 10.5. The highest BCUT2D eigenvalue weighted by molar-refractivity contribution is 6.35. The number of esters is 1. The highest BCUT2D eigenvalue weighted by atomic mass is 35.5. The average molecular weight is 299 g/mol. The van der Waals surface area contributed by atoms with Crippen LogP contribution in [-0.4, -0.2) is 22.4 Å². The lowest BCUT2D eigenvalue weighted by Gasteiger charge is -2.08. The first-order chi connectivity index (χ1) is 9.02. The minimum absolute atomic E-state index is 0.303. The van der Waals surface area contributed by atoms with E-state index in [1.54, 1.807) is 38.1 Å². The molecule has 0 fully saturated rings. The van der Waals surface area contributed by atoms with Crippen molar-refractivity contribution >= 4 is 29.2 Å². The molecule has 0 aliphatic carbocycles. The number of aromatic nitrogens is 2. The molecule has 6 heteroatoms. The minimum Gasteiger partial charge on any atom is -0.461 e. The van der Waals surface area contributed by atoms with E-state index in [0.717, 1.165) is 0 Å². The molecule has 100 valence electrons. The molecule has 2 aromatic rings. The SMILES string of the molecule is CCOC(=O)c1cc(C)nn1-c1ccc(Cl)cc1Cl. The molecule has 0 atom stereocenters. The zero-order chi connectivity index (χ0) is 14.0. The van der Waals surface area contributed by atoms with Crippen molar-refractivity contribution in [1.82, 2.24) is 9.78 Å². The van der Waals surface area contributed by atoms with Gasteiger partial charge < -0.3 is 4.74 Å². The number of ether oxygens (including phenoxy) is 1. The molecule has 4 nitrogen and oxygen atoms in total. The molecule has 1 aromatic heterocycles. The van der Waals surface area contributed by atoms with Gasteiger partial charge in [-0.1, -0.05) is 23.2 Å². The predicted molar refractivity (Wildman–Crippen MR) is 74.3 cm³/mol. The average Bonchev–Trinajstić information content (AvgIpc) is 2.71. The summed E-state index contributed by atoms with van der Waals surface area (Å²) in [5.41, 5.74) is 1.62. The van der Waals surface area contributed by atoms with E-state index < -0.39 is 5.97 Å². The van der Waals surface area contributed by atoms with Crippen LogP contribution in [0.5, 0.6) is 0 Å². The van der Waals surface area contributed by atoms with Crippen LogP contribution in [0.4, 0.5) is 0 Å². The van der Waals surface area contributed by atoms with Crippen LogP contribution in [-0.2, 0) is 4.74 Å². The zero-order valence-electron chi connectivity index (χ0n) is 10.5. The molecule has 0 spiro atoms. The summed E-state index contributed by atoms with van der Waals surface area (Å²) in [6, 6.07) is 6.65. The Kier molecular flexibility index (Phi) is 4.12. The van der Waals surface area contributed by atoms with Crippen molar-refractivity contribution in [3.63, 3.8) is 0 Å². The van der Waals surface area contributed by atoms with Crippen LogP contribution in [0.2, 0.25) is 10.0 Å². The number of carbonyl (C=O) groups is 1. The molecule has 1 aromatic carbocycles. The van der Waals surface area contributed by atoms with Gasteiger partial charge in [0.2, 0.25) is 0 Å². The number of aryl methyl sites for hydroxylation is 1. The second-order valence-corrected chi connectivity index (χ2v) is 4.74. The van der Waals surface area contributed by atoms with Crippen molar-refractivity contribution in [2.75, 3.05) is 6.61 Å². The van der Waals surface area contributed by atoms with Crippen LogP contribution >= 0.6 is 23.2 Å². The van der Waals surface area contributed by atoms with Crippen LogP contribution in [0.25, 0.3) is 5.69 Å². The van der Waals surface area contributed by atoms with Crippen molar-refractivity contribution in [3.05, 3.63) is 45.7 Å². The van der Waals surface area contributed by atoms with Crippen LogP contribution in [0.1, 0.15) is 23.1 Å². The van der Waals surface area contributed by atoms with Gasteiger partial charge in [-0.25, -0.2) is 9.48 Å². The van der Waals surface area contributed by atoms with E-state index in [-0.39, 0.29) is 0 Å². The zero-order valence-corrected chi connectivity index (χ0v) is 12.0. The molecule has 0 unspecified atom stereocenters. The van der Waals surface area contributed by atoms with Crippen molar-refractivity contribution in [3.8, 4) is 5.69 Å². The number of hydrogen-bond donors (Lipinski definition) is 0. The van der Waals surface area contributed by atoms with Gasteiger partial charge in [-0.2, -0.15) is 5.10 Å². The van der Waals surface area contributed by atoms with Gasteiger partial charge in [0.05, 0.1) is 23.0 Å². The van der Waals surface area contributed by atoms with Crippen molar-refractivity contribution in [2.24, 2.45) is 0 Å². The molecule has 0 aliphatic heterocycles. The first kappa shape index (κ1) is 13.9. The van der Waals surface area contributed by atoms with E-state index in [9.17, 15) is 4.79 Å². The standard InChI is InChI=1S/C13H12Cl2N2O2/c1-3-19-13(18)12-6-8(2)16-17(12)11-5-4-9(14)7-10(11)15/h4-7H,3H2,1-2H3. The van der Waals surface area contributed by atoms with E-state index >= 15 is 0 Å². The molecule has 0 saturated carbocycles. The molecule has 2 rings (SSSR count). The van der Waals surface area contributed by atoms with Gasteiger partial charge in [0.15, 0.2) is 5.69 Å². The number of hydrogen-bond acceptors (Lipinski definition) is 3. The summed E-state index contributed by atoms with van der Waals surface area (Å²) in [5, 5.41) is 5.20. The molecule has 0 aliphatic rings. The molecule has 0 bridgehead atoms. The van der Waals surface area contributed by atoms with Gasteiger partial charge in [0, 0.05) is 5.02 Å². The van der Waals surface area contributed by atoms with Gasteiger partial charge in [0.1, 0.15) is 0 Å². The van der Waals surface area contributed by atoms with Crippen molar-refractivity contribution in [1.29, 1.82) is 0 Å². The molecule has 0 amide bonds. The van der Waals surface area contributed by atoms with E-state index in [2.05, 4.69) is 5.10 Å². The maximum Gasteiger partial charge on any atom is 0.357 e. The van der Waals surface area contributed by atoms with Crippen LogP contribution < -0.4 is 0 Å². The topological polar surface area (TPSA) is 44.1 Å². The largest absolute Gasteiger partial charge is 0.461 e. The fraction of sp³-hybridized carbons (Fsp3) is 0.231. The van der Waals surface area contributed by atoms with E-state index in [0.29, 0.717) is 33.7 Å². The molecular formula is C13H12Cl2N2O2. The lowest BCUT2D eigenvalue weighted by atomic mass is 10.3. The summed E-state index contributed by atoms with van der Waals surface area (Å²) in [6.07, 6.45) is 0. The summed E-state index contributed by atoms with van der Waals surface area (Å²) in [5.74, 6) is -0.436.